The molecule has 0 aromatic carbocycles. The van der Waals surface area contributed by atoms with Crippen LogP contribution in [0.5, 0.6) is 0 Å². The predicted molar refractivity (Wildman–Crippen MR) is 53.4 cm³/mol. The van der Waals surface area contributed by atoms with Crippen LogP contribution in [-0.2, 0) is 0 Å². The van der Waals surface area contributed by atoms with E-state index in [4.69, 9.17) is 0 Å². The molecule has 1 aliphatic rings. The number of nitrogens with one attached hydrogen (secondary N) is 1. The minimum absolute atomic E-state index is 0.712. The first-order valence-corrected chi connectivity index (χ1v) is 5.16. The lowest BCUT2D eigenvalue weighted by Crippen LogP contribution is -2.48. The third kappa shape index (κ3) is 2.46. The molecule has 0 spiro atoms. The predicted octanol–water partition coefficient (Wildman–Crippen LogP) is 1.47. The summed E-state index contributed by atoms with van der Waals surface area (Å²) in [7, 11) is 2.05. The van der Waals surface area contributed by atoms with Crippen molar-refractivity contribution < 1.29 is 0 Å². The summed E-state index contributed by atoms with van der Waals surface area (Å²) in [6.45, 7) is 7.05. The average Bonchev–Trinajstić information content (AvgIpc) is 2.05. The summed E-state index contributed by atoms with van der Waals surface area (Å²) in [5.41, 5.74) is 0. The largest absolute Gasteiger partial charge is 0.318 e. The smallest absolute Gasteiger partial charge is 0.0223 e. The molecule has 2 nitrogen and oxygen atoms in total. The molecule has 1 aliphatic heterocycles. The van der Waals surface area contributed by atoms with Gasteiger partial charge in [0.25, 0.3) is 0 Å². The van der Waals surface area contributed by atoms with Gasteiger partial charge in [-0.15, -0.1) is 0 Å². The monoisotopic (exact) mass is 170 g/mol. The van der Waals surface area contributed by atoms with Crippen LogP contribution in [0.1, 0.15) is 33.1 Å². The highest BCUT2D eigenvalue weighted by atomic mass is 15.2. The maximum atomic E-state index is 3.28. The van der Waals surface area contributed by atoms with Crippen LogP contribution in [0.2, 0.25) is 0 Å². The highest BCUT2D eigenvalue weighted by Crippen LogP contribution is 2.18. The Morgan fingerprint density at radius 1 is 1.42 bits per heavy atom. The standard InChI is InChI=1S/C10H22N2/c1-9(2)12-7-5-4-6-10(12)8-11-3/h9-11H,4-8H2,1-3H3/t10-/m0/s1. The molecule has 0 aromatic heterocycles. The minimum atomic E-state index is 0.712. The molecule has 0 unspecified atom stereocenters. The Hall–Kier alpha value is -0.0800. The lowest BCUT2D eigenvalue weighted by molar-refractivity contribution is 0.112. The van der Waals surface area contributed by atoms with Crippen LogP contribution in [0.15, 0.2) is 0 Å². The fourth-order valence-corrected chi connectivity index (χ4v) is 2.16. The van der Waals surface area contributed by atoms with E-state index in [2.05, 4.69) is 24.1 Å². The molecular formula is C10H22N2. The number of hydrogen-bond donors (Lipinski definition) is 1. The Kier molecular flexibility index (Phi) is 4.02. The fourth-order valence-electron chi connectivity index (χ4n) is 2.16. The van der Waals surface area contributed by atoms with Crippen molar-refractivity contribution >= 4 is 0 Å². The average molecular weight is 170 g/mol. The quantitative estimate of drug-likeness (QED) is 0.690. The lowest BCUT2D eigenvalue weighted by Gasteiger charge is -2.38. The summed E-state index contributed by atoms with van der Waals surface area (Å²) < 4.78 is 0. The summed E-state index contributed by atoms with van der Waals surface area (Å²) in [5.74, 6) is 0. The van der Waals surface area contributed by atoms with Gasteiger partial charge in [-0.25, -0.2) is 0 Å². The number of likely N-dealkylation sites (N-methyl/N-ethyl adjacent to an activating group) is 1. The SMILES string of the molecule is CNC[C@@H]1CCCCN1C(C)C. The molecule has 0 bridgehead atoms. The van der Waals surface area contributed by atoms with Gasteiger partial charge in [0, 0.05) is 18.6 Å². The minimum Gasteiger partial charge on any atom is -0.318 e. The molecular weight excluding hydrogens is 148 g/mol. The highest BCUT2D eigenvalue weighted by Gasteiger charge is 2.23. The summed E-state index contributed by atoms with van der Waals surface area (Å²) in [6, 6.07) is 1.49. The molecule has 0 aliphatic carbocycles. The normalized spacial score (nSPS) is 26.5. The van der Waals surface area contributed by atoms with E-state index in [0.717, 1.165) is 12.6 Å². The van der Waals surface area contributed by atoms with Crippen molar-refractivity contribution in [1.82, 2.24) is 10.2 Å². The summed E-state index contributed by atoms with van der Waals surface area (Å²) in [6.07, 6.45) is 4.17. The van der Waals surface area contributed by atoms with Crippen LogP contribution in [0, 0.1) is 0 Å². The second kappa shape index (κ2) is 4.83. The first kappa shape index (κ1) is 10.0. The van der Waals surface area contributed by atoms with Gasteiger partial charge in [0.15, 0.2) is 0 Å². The molecule has 1 saturated heterocycles. The van der Waals surface area contributed by atoms with Crippen molar-refractivity contribution in [2.75, 3.05) is 20.1 Å². The Labute approximate surface area is 76.3 Å². The van der Waals surface area contributed by atoms with Gasteiger partial charge in [0.1, 0.15) is 0 Å². The van der Waals surface area contributed by atoms with Gasteiger partial charge in [-0.3, -0.25) is 4.90 Å². The van der Waals surface area contributed by atoms with Gasteiger partial charge >= 0.3 is 0 Å². The number of likely N-dealkylation sites (tertiary alicyclic amines) is 1. The van der Waals surface area contributed by atoms with E-state index in [0.29, 0.717) is 6.04 Å². The van der Waals surface area contributed by atoms with E-state index < -0.39 is 0 Å². The Bertz CT molecular complexity index is 121. The fraction of sp³-hybridized carbons (Fsp3) is 1.00. The third-order valence-electron chi connectivity index (χ3n) is 2.78. The molecule has 0 amide bonds. The zero-order chi connectivity index (χ0) is 8.97. The van der Waals surface area contributed by atoms with E-state index in [1.165, 1.54) is 25.8 Å². The van der Waals surface area contributed by atoms with E-state index >= 15 is 0 Å². The first-order chi connectivity index (χ1) is 5.75. The number of hydrogen-bond acceptors (Lipinski definition) is 2. The van der Waals surface area contributed by atoms with Crippen molar-refractivity contribution in [3.63, 3.8) is 0 Å². The van der Waals surface area contributed by atoms with Crippen LogP contribution < -0.4 is 5.32 Å². The molecule has 12 heavy (non-hydrogen) atoms. The summed E-state index contributed by atoms with van der Waals surface area (Å²) in [5, 5.41) is 3.28. The molecule has 2 heteroatoms. The van der Waals surface area contributed by atoms with Crippen molar-refractivity contribution in [3.05, 3.63) is 0 Å². The van der Waals surface area contributed by atoms with Gasteiger partial charge in [-0.2, -0.15) is 0 Å². The summed E-state index contributed by atoms with van der Waals surface area (Å²) >= 11 is 0. The Balaban J connectivity index is 2.42. The number of rotatable bonds is 3. The van der Waals surface area contributed by atoms with E-state index in [-0.39, 0.29) is 0 Å². The van der Waals surface area contributed by atoms with Gasteiger partial charge < -0.3 is 5.32 Å². The topological polar surface area (TPSA) is 15.3 Å². The zero-order valence-electron chi connectivity index (χ0n) is 8.64. The first-order valence-electron chi connectivity index (χ1n) is 5.16. The number of piperidine rings is 1. The van der Waals surface area contributed by atoms with Crippen molar-refractivity contribution in [2.45, 2.75) is 45.2 Å². The molecule has 72 valence electrons. The van der Waals surface area contributed by atoms with E-state index in [1.807, 2.05) is 7.05 Å². The van der Waals surface area contributed by atoms with E-state index in [1.54, 1.807) is 0 Å². The van der Waals surface area contributed by atoms with Crippen LogP contribution in [-0.4, -0.2) is 37.1 Å². The van der Waals surface area contributed by atoms with Crippen molar-refractivity contribution in [2.24, 2.45) is 0 Å². The number of nitrogens with zero attached hydrogens (tertiary/aromatic N) is 1. The van der Waals surface area contributed by atoms with E-state index in [9.17, 15) is 0 Å². The molecule has 0 aromatic rings. The molecule has 1 rings (SSSR count). The lowest BCUT2D eigenvalue weighted by atomic mass is 10.0. The zero-order valence-corrected chi connectivity index (χ0v) is 8.64. The second-order valence-corrected chi connectivity index (χ2v) is 4.04. The van der Waals surface area contributed by atoms with Gasteiger partial charge in [0.05, 0.1) is 0 Å². The maximum Gasteiger partial charge on any atom is 0.0223 e. The van der Waals surface area contributed by atoms with Crippen LogP contribution in [0.25, 0.3) is 0 Å². The highest BCUT2D eigenvalue weighted by molar-refractivity contribution is 4.80. The van der Waals surface area contributed by atoms with Gasteiger partial charge in [0.2, 0.25) is 0 Å². The van der Waals surface area contributed by atoms with Crippen molar-refractivity contribution in [1.29, 1.82) is 0 Å². The van der Waals surface area contributed by atoms with Crippen LogP contribution >= 0.6 is 0 Å². The molecule has 1 fully saturated rings. The van der Waals surface area contributed by atoms with Crippen LogP contribution in [0.4, 0.5) is 0 Å². The molecule has 0 radical (unpaired) electrons. The van der Waals surface area contributed by atoms with Crippen LogP contribution in [0.3, 0.4) is 0 Å². The Morgan fingerprint density at radius 2 is 2.17 bits per heavy atom. The summed E-state index contributed by atoms with van der Waals surface area (Å²) in [4.78, 5) is 2.62. The maximum absolute atomic E-state index is 3.28. The van der Waals surface area contributed by atoms with Gasteiger partial charge in [-0.05, 0) is 40.3 Å². The van der Waals surface area contributed by atoms with Gasteiger partial charge in [-0.1, -0.05) is 6.42 Å². The second-order valence-electron chi connectivity index (χ2n) is 4.04. The van der Waals surface area contributed by atoms with Crippen molar-refractivity contribution in [3.8, 4) is 0 Å². The molecule has 1 heterocycles. The third-order valence-corrected chi connectivity index (χ3v) is 2.78. The molecule has 1 atom stereocenters. The molecule has 0 saturated carbocycles. The Morgan fingerprint density at radius 3 is 2.75 bits per heavy atom. The molecule has 1 N–H and O–H groups in total.